The van der Waals surface area contributed by atoms with Crippen molar-refractivity contribution in [2.45, 2.75) is 0 Å². The minimum absolute atomic E-state index is 0.690. The van der Waals surface area contributed by atoms with Crippen LogP contribution < -0.4 is 5.32 Å². The highest BCUT2D eigenvalue weighted by Crippen LogP contribution is 2.35. The summed E-state index contributed by atoms with van der Waals surface area (Å²) >= 11 is 3.36. The zero-order valence-corrected chi connectivity index (χ0v) is 17.3. The van der Waals surface area contributed by atoms with Gasteiger partial charge in [-0.15, -0.1) is 11.3 Å². The van der Waals surface area contributed by atoms with Gasteiger partial charge in [0.2, 0.25) is 0 Å². The Morgan fingerprint density at radius 1 is 0.867 bits per heavy atom. The fourth-order valence-corrected chi connectivity index (χ4v) is 5.07. The van der Waals surface area contributed by atoms with Crippen LogP contribution in [0.2, 0.25) is 0 Å². The highest BCUT2D eigenvalue weighted by Gasteiger charge is 2.17. The molecule has 5 nitrogen and oxygen atoms in total. The van der Waals surface area contributed by atoms with Crippen molar-refractivity contribution < 1.29 is 0 Å². The summed E-state index contributed by atoms with van der Waals surface area (Å²) in [5.74, 6) is 1.39. The van der Waals surface area contributed by atoms with Crippen molar-refractivity contribution in [3.8, 4) is 17.1 Å². The van der Waals surface area contributed by atoms with Gasteiger partial charge in [0.15, 0.2) is 22.8 Å². The molecule has 0 unspecified atom stereocenters. The zero-order chi connectivity index (χ0) is 19.9. The Bertz CT molecular complexity index is 1470. The monoisotopic (exact) mass is 425 g/mol. The van der Waals surface area contributed by atoms with Crippen molar-refractivity contribution in [2.75, 3.05) is 5.32 Å². The molecule has 0 radical (unpaired) electrons. The summed E-state index contributed by atoms with van der Waals surface area (Å²) in [5, 5.41) is 10.9. The molecule has 1 N–H and O–H groups in total. The van der Waals surface area contributed by atoms with Crippen molar-refractivity contribution in [3.63, 3.8) is 0 Å². The maximum Gasteiger partial charge on any atom is 0.170 e. The first-order valence-corrected chi connectivity index (χ1v) is 11.3. The van der Waals surface area contributed by atoms with Gasteiger partial charge in [0.1, 0.15) is 6.33 Å². The largest absolute Gasteiger partial charge is 0.338 e. The van der Waals surface area contributed by atoms with Crippen LogP contribution in [0.3, 0.4) is 0 Å². The molecule has 4 heterocycles. The Hall–Kier alpha value is -3.55. The van der Waals surface area contributed by atoms with Gasteiger partial charge in [-0.05, 0) is 29.6 Å². The van der Waals surface area contributed by atoms with Gasteiger partial charge in [0, 0.05) is 32.1 Å². The highest BCUT2D eigenvalue weighted by molar-refractivity contribution is 7.17. The lowest BCUT2D eigenvalue weighted by atomic mass is 10.1. The van der Waals surface area contributed by atoms with E-state index in [2.05, 4.69) is 56.8 Å². The number of nitrogens with one attached hydrogen (secondary N) is 1. The number of nitrogens with zero attached hydrogens (tertiary/aromatic N) is 4. The fraction of sp³-hybridized carbons (Fsp3) is 0. The topological polar surface area (TPSA) is 55.6 Å². The predicted molar refractivity (Wildman–Crippen MR) is 125 cm³/mol. The van der Waals surface area contributed by atoms with Crippen LogP contribution >= 0.6 is 22.7 Å². The number of para-hydroxylation sites is 1. The highest BCUT2D eigenvalue weighted by atomic mass is 32.1. The van der Waals surface area contributed by atoms with Crippen molar-refractivity contribution in [1.82, 2.24) is 19.5 Å². The molecule has 2 aromatic carbocycles. The SMILES string of the molecule is c1ccc(Nc2nc(-c3csc4ccccc34)nc3c2ncn3-c2ccsc2)cc1. The third-order valence-electron chi connectivity index (χ3n) is 4.94. The van der Waals surface area contributed by atoms with E-state index < -0.39 is 0 Å². The number of rotatable bonds is 4. The summed E-state index contributed by atoms with van der Waals surface area (Å²) in [4.78, 5) is 14.5. The van der Waals surface area contributed by atoms with Gasteiger partial charge >= 0.3 is 0 Å². The molecule has 6 aromatic rings. The summed E-state index contributed by atoms with van der Waals surface area (Å²) in [7, 11) is 0. The van der Waals surface area contributed by atoms with E-state index in [0.29, 0.717) is 11.6 Å². The van der Waals surface area contributed by atoms with Gasteiger partial charge in [-0.25, -0.2) is 15.0 Å². The number of hydrogen-bond acceptors (Lipinski definition) is 6. The Morgan fingerprint density at radius 2 is 1.73 bits per heavy atom. The van der Waals surface area contributed by atoms with Crippen LogP contribution in [0.1, 0.15) is 0 Å². The van der Waals surface area contributed by atoms with E-state index in [1.54, 1.807) is 22.7 Å². The standard InChI is InChI=1S/C23H15N5S2/c1-2-6-15(7-3-1)25-22-20-23(28(14-24-20)16-10-11-29-12-16)27-21(26-22)18-13-30-19-9-5-4-8-17(18)19/h1-14H,(H,25,26,27). The van der Waals surface area contributed by atoms with Crippen molar-refractivity contribution in [2.24, 2.45) is 0 Å². The van der Waals surface area contributed by atoms with Crippen molar-refractivity contribution in [3.05, 3.63) is 83.1 Å². The number of anilines is 2. The van der Waals surface area contributed by atoms with E-state index in [9.17, 15) is 0 Å². The molecule has 0 aliphatic rings. The second-order valence-corrected chi connectivity index (χ2v) is 8.49. The summed E-state index contributed by atoms with van der Waals surface area (Å²) in [6.07, 6.45) is 1.81. The normalized spacial score (nSPS) is 11.3. The molecule has 0 amide bonds. The van der Waals surface area contributed by atoms with Gasteiger partial charge < -0.3 is 5.32 Å². The molecule has 0 saturated carbocycles. The molecule has 0 aliphatic carbocycles. The quantitative estimate of drug-likeness (QED) is 0.350. The lowest BCUT2D eigenvalue weighted by Crippen LogP contribution is -2.01. The molecular weight excluding hydrogens is 410 g/mol. The molecule has 0 bridgehead atoms. The molecule has 144 valence electrons. The van der Waals surface area contributed by atoms with Crippen molar-refractivity contribution >= 4 is 55.4 Å². The lowest BCUT2D eigenvalue weighted by molar-refractivity contribution is 1.07. The van der Waals surface area contributed by atoms with Gasteiger partial charge in [-0.3, -0.25) is 4.57 Å². The number of fused-ring (bicyclic) bond motifs is 2. The minimum Gasteiger partial charge on any atom is -0.338 e. The molecule has 0 aliphatic heterocycles. The Balaban J connectivity index is 1.60. The first-order valence-electron chi connectivity index (χ1n) is 9.43. The zero-order valence-electron chi connectivity index (χ0n) is 15.7. The number of imidazole rings is 1. The van der Waals surface area contributed by atoms with Crippen molar-refractivity contribution in [1.29, 1.82) is 0 Å². The van der Waals surface area contributed by atoms with E-state index in [-0.39, 0.29) is 0 Å². The van der Waals surface area contributed by atoms with Crippen LogP contribution in [0.15, 0.2) is 83.1 Å². The lowest BCUT2D eigenvalue weighted by Gasteiger charge is -2.09. The molecular formula is C23H15N5S2. The average Bonchev–Trinajstić information content (AvgIpc) is 3.53. The van der Waals surface area contributed by atoms with Crippen LogP contribution in [0.25, 0.3) is 38.3 Å². The molecule has 0 atom stereocenters. The van der Waals surface area contributed by atoms with E-state index >= 15 is 0 Å². The van der Waals surface area contributed by atoms with Crippen LogP contribution in [0, 0.1) is 0 Å². The summed E-state index contributed by atoms with van der Waals surface area (Å²) < 4.78 is 3.24. The summed E-state index contributed by atoms with van der Waals surface area (Å²) in [5.41, 5.74) is 4.57. The molecule has 0 spiro atoms. The van der Waals surface area contributed by atoms with Crippen LogP contribution in [-0.4, -0.2) is 19.5 Å². The number of thiophene rings is 2. The Labute approximate surface area is 180 Å². The van der Waals surface area contributed by atoms with Gasteiger partial charge in [-0.1, -0.05) is 36.4 Å². The molecule has 0 fully saturated rings. The number of aromatic nitrogens is 4. The molecule has 6 rings (SSSR count). The van der Waals surface area contributed by atoms with Gasteiger partial charge in [0.05, 0.1) is 5.69 Å². The predicted octanol–water partition coefficient (Wildman–Crippen LogP) is 6.50. The third-order valence-corrected chi connectivity index (χ3v) is 6.57. The van der Waals surface area contributed by atoms with Crippen LogP contribution in [-0.2, 0) is 0 Å². The molecule has 4 aromatic heterocycles. The first kappa shape index (κ1) is 17.3. The summed E-state index contributed by atoms with van der Waals surface area (Å²) in [6, 6.07) is 20.4. The van der Waals surface area contributed by atoms with E-state index in [1.165, 1.54) is 4.70 Å². The fourth-order valence-electron chi connectivity index (χ4n) is 3.50. The maximum atomic E-state index is 4.95. The van der Waals surface area contributed by atoms with Crippen LogP contribution in [0.5, 0.6) is 0 Å². The molecule has 30 heavy (non-hydrogen) atoms. The number of hydrogen-bond donors (Lipinski definition) is 1. The van der Waals surface area contributed by atoms with Gasteiger partial charge in [0.25, 0.3) is 0 Å². The van der Waals surface area contributed by atoms with E-state index in [1.807, 2.05) is 41.2 Å². The van der Waals surface area contributed by atoms with E-state index in [0.717, 1.165) is 33.5 Å². The smallest absolute Gasteiger partial charge is 0.170 e. The van der Waals surface area contributed by atoms with E-state index in [4.69, 9.17) is 9.97 Å². The van der Waals surface area contributed by atoms with Crippen LogP contribution in [0.4, 0.5) is 11.5 Å². The first-order chi connectivity index (χ1) is 14.9. The Kier molecular flexibility index (Phi) is 4.07. The number of benzene rings is 2. The average molecular weight is 426 g/mol. The maximum absolute atomic E-state index is 4.95. The Morgan fingerprint density at radius 3 is 2.60 bits per heavy atom. The molecule has 0 saturated heterocycles. The third kappa shape index (κ3) is 2.87. The molecule has 7 heteroatoms. The summed E-state index contributed by atoms with van der Waals surface area (Å²) in [6.45, 7) is 0. The minimum atomic E-state index is 0.690. The van der Waals surface area contributed by atoms with Gasteiger partial charge in [-0.2, -0.15) is 11.3 Å². The second-order valence-electron chi connectivity index (χ2n) is 6.80. The second kappa shape index (κ2) is 7.05.